The van der Waals surface area contributed by atoms with Crippen LogP contribution in [-0.4, -0.2) is 45.7 Å². The Morgan fingerprint density at radius 1 is 1.12 bits per heavy atom. The van der Waals surface area contributed by atoms with Gasteiger partial charge in [0.1, 0.15) is 13.2 Å². The van der Waals surface area contributed by atoms with Crippen LogP contribution in [-0.2, 0) is 16.6 Å². The number of pyridine rings is 1. The monoisotopic (exact) mass is 460 g/mol. The maximum atomic E-state index is 13.5. The molecule has 0 bridgehead atoms. The van der Waals surface area contributed by atoms with E-state index in [1.54, 1.807) is 12.4 Å². The molecule has 1 atom stereocenters. The number of aryl methyl sites for hydroxylation is 1. The molecule has 8 heteroatoms. The molecule has 0 radical (unpaired) electrons. The molecule has 1 amide bonds. The molecule has 1 aromatic carbocycles. The van der Waals surface area contributed by atoms with E-state index in [2.05, 4.69) is 34.2 Å². The highest BCUT2D eigenvalue weighted by atomic mass is 16.6. The zero-order valence-electron chi connectivity index (χ0n) is 19.3. The second-order valence-corrected chi connectivity index (χ2v) is 9.52. The van der Waals surface area contributed by atoms with Crippen LogP contribution in [0.15, 0.2) is 41.2 Å². The number of carbonyl (C=O) groups is 1. The summed E-state index contributed by atoms with van der Waals surface area (Å²) in [7, 11) is 0. The number of nitrogens with zero attached hydrogens (tertiary/aromatic N) is 4. The van der Waals surface area contributed by atoms with Gasteiger partial charge < -0.3 is 18.9 Å². The summed E-state index contributed by atoms with van der Waals surface area (Å²) in [6.07, 6.45) is 8.69. The maximum Gasteiger partial charge on any atom is 0.227 e. The molecule has 1 unspecified atom stereocenters. The molecule has 1 fully saturated rings. The van der Waals surface area contributed by atoms with Crippen LogP contribution >= 0.6 is 0 Å². The van der Waals surface area contributed by atoms with Crippen molar-refractivity contribution < 1.29 is 18.8 Å². The van der Waals surface area contributed by atoms with Crippen LogP contribution in [0.1, 0.15) is 62.1 Å². The molecule has 8 nitrogen and oxygen atoms in total. The standard InChI is InChI=1S/C26H28N4O4/c1-17-19-14-21-22(33-13-12-32-21)15-20(19)26(8-2-3-9-26)16-30(17)24(31)5-4-23-28-25(29-34-23)18-6-10-27-11-7-18/h6-7,10-11,14-15,17H,2-5,8-9,12-13,16H2,1H3. The van der Waals surface area contributed by atoms with Gasteiger partial charge in [-0.05, 0) is 55.2 Å². The maximum absolute atomic E-state index is 13.5. The number of hydrogen-bond acceptors (Lipinski definition) is 7. The normalized spacial score (nSPS) is 20.4. The molecule has 2 aliphatic heterocycles. The van der Waals surface area contributed by atoms with Gasteiger partial charge in [0, 0.05) is 42.8 Å². The molecule has 2 aromatic heterocycles. The molecule has 0 N–H and O–H groups in total. The third-order valence-electron chi connectivity index (χ3n) is 7.52. The highest BCUT2D eigenvalue weighted by Gasteiger charge is 2.46. The van der Waals surface area contributed by atoms with Crippen molar-refractivity contribution in [3.8, 4) is 22.9 Å². The third kappa shape index (κ3) is 3.61. The Labute approximate surface area is 198 Å². The predicted octanol–water partition coefficient (Wildman–Crippen LogP) is 4.25. The number of ether oxygens (including phenoxy) is 2. The minimum Gasteiger partial charge on any atom is -0.486 e. The molecule has 34 heavy (non-hydrogen) atoms. The Kier molecular flexibility index (Phi) is 5.23. The number of rotatable bonds is 4. The van der Waals surface area contributed by atoms with Crippen LogP contribution in [0.25, 0.3) is 11.4 Å². The number of amides is 1. The number of fused-ring (bicyclic) bond motifs is 3. The van der Waals surface area contributed by atoms with E-state index < -0.39 is 0 Å². The van der Waals surface area contributed by atoms with Crippen LogP contribution in [0.2, 0.25) is 0 Å². The average molecular weight is 461 g/mol. The largest absolute Gasteiger partial charge is 0.486 e. The highest BCUT2D eigenvalue weighted by Crippen LogP contribution is 2.52. The molecule has 0 saturated heterocycles. The Morgan fingerprint density at radius 3 is 2.62 bits per heavy atom. The van der Waals surface area contributed by atoms with Crippen LogP contribution in [0.5, 0.6) is 11.5 Å². The minimum absolute atomic E-state index is 0.00760. The van der Waals surface area contributed by atoms with E-state index in [9.17, 15) is 4.79 Å². The summed E-state index contributed by atoms with van der Waals surface area (Å²) in [6.45, 7) is 3.99. The third-order valence-corrected chi connectivity index (χ3v) is 7.52. The smallest absolute Gasteiger partial charge is 0.227 e. The van der Waals surface area contributed by atoms with E-state index in [1.807, 2.05) is 17.0 Å². The zero-order chi connectivity index (χ0) is 23.1. The van der Waals surface area contributed by atoms with Gasteiger partial charge in [0.2, 0.25) is 17.6 Å². The highest BCUT2D eigenvalue weighted by molar-refractivity contribution is 5.78. The molecule has 4 heterocycles. The van der Waals surface area contributed by atoms with Gasteiger partial charge in [-0.3, -0.25) is 9.78 Å². The van der Waals surface area contributed by atoms with E-state index in [1.165, 1.54) is 24.0 Å². The lowest BCUT2D eigenvalue weighted by Crippen LogP contribution is -2.48. The summed E-state index contributed by atoms with van der Waals surface area (Å²) in [4.78, 5) is 24.0. The first kappa shape index (κ1) is 21.1. The molecule has 176 valence electrons. The van der Waals surface area contributed by atoms with Crippen molar-refractivity contribution in [3.63, 3.8) is 0 Å². The first-order chi connectivity index (χ1) is 16.6. The Hall–Kier alpha value is -3.42. The van der Waals surface area contributed by atoms with E-state index in [4.69, 9.17) is 14.0 Å². The number of carbonyl (C=O) groups excluding carboxylic acids is 1. The molecule has 1 saturated carbocycles. The number of hydrogen-bond donors (Lipinski definition) is 0. The van der Waals surface area contributed by atoms with Gasteiger partial charge in [0.15, 0.2) is 11.5 Å². The Bertz CT molecular complexity index is 1200. The predicted molar refractivity (Wildman–Crippen MR) is 124 cm³/mol. The van der Waals surface area contributed by atoms with Crippen molar-refractivity contribution in [1.29, 1.82) is 0 Å². The Morgan fingerprint density at radius 2 is 1.85 bits per heavy atom. The van der Waals surface area contributed by atoms with E-state index in [0.29, 0.717) is 37.8 Å². The van der Waals surface area contributed by atoms with Crippen LogP contribution < -0.4 is 9.47 Å². The molecule has 3 aromatic rings. The number of benzene rings is 1. The van der Waals surface area contributed by atoms with Crippen LogP contribution in [0.3, 0.4) is 0 Å². The molecular formula is C26H28N4O4. The topological polar surface area (TPSA) is 90.6 Å². The van der Waals surface area contributed by atoms with Gasteiger partial charge in [-0.25, -0.2) is 0 Å². The average Bonchev–Trinajstić information content (AvgIpc) is 3.55. The van der Waals surface area contributed by atoms with Crippen LogP contribution in [0, 0.1) is 0 Å². The van der Waals surface area contributed by atoms with Gasteiger partial charge in [0.25, 0.3) is 0 Å². The second kappa shape index (κ2) is 8.42. The number of aromatic nitrogens is 3. The first-order valence-electron chi connectivity index (χ1n) is 12.1. The van der Waals surface area contributed by atoms with Crippen molar-refractivity contribution in [2.45, 2.75) is 56.9 Å². The minimum atomic E-state index is -0.0281. The quantitative estimate of drug-likeness (QED) is 0.575. The van der Waals surface area contributed by atoms with Gasteiger partial charge in [-0.1, -0.05) is 18.0 Å². The zero-order valence-corrected chi connectivity index (χ0v) is 19.3. The van der Waals surface area contributed by atoms with Gasteiger partial charge in [0.05, 0.1) is 6.04 Å². The summed E-state index contributed by atoms with van der Waals surface area (Å²) < 4.78 is 17.2. The van der Waals surface area contributed by atoms with E-state index in [-0.39, 0.29) is 17.4 Å². The summed E-state index contributed by atoms with van der Waals surface area (Å²) >= 11 is 0. The molecule has 6 rings (SSSR count). The first-order valence-corrected chi connectivity index (χ1v) is 12.1. The fourth-order valence-corrected chi connectivity index (χ4v) is 5.74. The molecular weight excluding hydrogens is 432 g/mol. The van der Waals surface area contributed by atoms with Crippen LogP contribution in [0.4, 0.5) is 0 Å². The van der Waals surface area contributed by atoms with Crippen molar-refractivity contribution in [3.05, 3.63) is 53.7 Å². The molecule has 1 aliphatic carbocycles. The lowest BCUT2D eigenvalue weighted by atomic mass is 9.71. The van der Waals surface area contributed by atoms with Crippen molar-refractivity contribution in [2.75, 3.05) is 19.8 Å². The molecule has 3 aliphatic rings. The van der Waals surface area contributed by atoms with Gasteiger partial charge >= 0.3 is 0 Å². The fraction of sp³-hybridized carbons (Fsp3) is 0.462. The Balaban J connectivity index is 1.23. The van der Waals surface area contributed by atoms with E-state index >= 15 is 0 Å². The fourth-order valence-electron chi connectivity index (χ4n) is 5.74. The summed E-state index contributed by atoms with van der Waals surface area (Å²) in [5.41, 5.74) is 3.36. The second-order valence-electron chi connectivity index (χ2n) is 9.52. The molecule has 1 spiro atoms. The lowest BCUT2D eigenvalue weighted by Gasteiger charge is -2.46. The van der Waals surface area contributed by atoms with Gasteiger partial charge in [-0.15, -0.1) is 0 Å². The van der Waals surface area contributed by atoms with Crippen molar-refractivity contribution in [1.82, 2.24) is 20.0 Å². The van der Waals surface area contributed by atoms with Crippen molar-refractivity contribution in [2.24, 2.45) is 0 Å². The SMILES string of the molecule is CC1c2cc3c(cc2C2(CCCC2)CN1C(=O)CCc1nc(-c2ccncc2)no1)OCCO3. The van der Waals surface area contributed by atoms with E-state index in [0.717, 1.165) is 36.4 Å². The lowest BCUT2D eigenvalue weighted by molar-refractivity contribution is -0.135. The van der Waals surface area contributed by atoms with Gasteiger partial charge in [-0.2, -0.15) is 4.98 Å². The summed E-state index contributed by atoms with van der Waals surface area (Å²) in [5.74, 6) is 2.73. The summed E-state index contributed by atoms with van der Waals surface area (Å²) in [6, 6.07) is 7.93. The summed E-state index contributed by atoms with van der Waals surface area (Å²) in [5, 5.41) is 4.06. The van der Waals surface area contributed by atoms with Crippen molar-refractivity contribution >= 4 is 5.91 Å².